The number of nitrogens with one attached hydrogen (secondary N) is 2. The molecule has 2 saturated heterocycles. The SMILES string of the molecule is Cc1ccc(S(=O)(=O)NC2CC3CCC(C2)N3)cc1Cl. The second-order valence-electron chi connectivity index (χ2n) is 5.84. The molecule has 2 atom stereocenters. The molecule has 0 aromatic heterocycles. The minimum Gasteiger partial charge on any atom is -0.311 e. The van der Waals surface area contributed by atoms with E-state index >= 15 is 0 Å². The summed E-state index contributed by atoms with van der Waals surface area (Å²) in [5.74, 6) is 0. The van der Waals surface area contributed by atoms with E-state index in [2.05, 4.69) is 10.0 Å². The molecular weight excluding hydrogens is 296 g/mol. The lowest BCUT2D eigenvalue weighted by molar-refractivity contribution is 0.345. The molecule has 4 nitrogen and oxygen atoms in total. The molecule has 0 amide bonds. The molecule has 2 aliphatic rings. The second kappa shape index (κ2) is 5.30. The summed E-state index contributed by atoms with van der Waals surface area (Å²) in [5.41, 5.74) is 0.880. The van der Waals surface area contributed by atoms with Crippen LogP contribution in [-0.4, -0.2) is 26.5 Å². The fourth-order valence-electron chi connectivity index (χ4n) is 3.18. The lowest BCUT2D eigenvalue weighted by atomic mass is 10.0. The zero-order valence-electron chi connectivity index (χ0n) is 11.4. The third-order valence-corrected chi connectivity index (χ3v) is 6.17. The van der Waals surface area contributed by atoms with Crippen LogP contribution in [-0.2, 0) is 10.0 Å². The van der Waals surface area contributed by atoms with Gasteiger partial charge in [0.25, 0.3) is 0 Å². The third-order valence-electron chi connectivity index (χ3n) is 4.25. The van der Waals surface area contributed by atoms with E-state index in [-0.39, 0.29) is 10.9 Å². The third kappa shape index (κ3) is 2.86. The Morgan fingerprint density at radius 2 is 1.90 bits per heavy atom. The molecule has 1 aromatic carbocycles. The van der Waals surface area contributed by atoms with E-state index in [9.17, 15) is 8.42 Å². The molecule has 2 unspecified atom stereocenters. The van der Waals surface area contributed by atoms with Crippen LogP contribution in [0.2, 0.25) is 5.02 Å². The Kier molecular flexibility index (Phi) is 3.79. The van der Waals surface area contributed by atoms with E-state index in [4.69, 9.17) is 11.6 Å². The first kappa shape index (κ1) is 14.3. The molecule has 0 aliphatic carbocycles. The van der Waals surface area contributed by atoms with Gasteiger partial charge in [-0.15, -0.1) is 0 Å². The Hall–Kier alpha value is -0.620. The van der Waals surface area contributed by atoms with Crippen LogP contribution in [0.1, 0.15) is 31.2 Å². The summed E-state index contributed by atoms with van der Waals surface area (Å²) in [4.78, 5) is 0.249. The number of fused-ring (bicyclic) bond motifs is 2. The zero-order valence-corrected chi connectivity index (χ0v) is 13.0. The number of piperidine rings is 1. The molecule has 3 rings (SSSR count). The number of aryl methyl sites for hydroxylation is 1. The molecule has 110 valence electrons. The zero-order chi connectivity index (χ0) is 14.3. The van der Waals surface area contributed by atoms with Crippen molar-refractivity contribution in [2.45, 2.75) is 55.6 Å². The van der Waals surface area contributed by atoms with Crippen molar-refractivity contribution in [3.8, 4) is 0 Å². The molecule has 0 radical (unpaired) electrons. The van der Waals surface area contributed by atoms with Crippen molar-refractivity contribution < 1.29 is 8.42 Å². The fraction of sp³-hybridized carbons (Fsp3) is 0.571. The first-order valence-electron chi connectivity index (χ1n) is 6.98. The molecule has 2 N–H and O–H groups in total. The van der Waals surface area contributed by atoms with Gasteiger partial charge in [0.15, 0.2) is 0 Å². The van der Waals surface area contributed by atoms with Gasteiger partial charge in [0.05, 0.1) is 4.90 Å². The van der Waals surface area contributed by atoms with E-state index in [1.807, 2.05) is 6.92 Å². The topological polar surface area (TPSA) is 58.2 Å². The summed E-state index contributed by atoms with van der Waals surface area (Å²) in [6, 6.07) is 5.82. The Labute approximate surface area is 125 Å². The average Bonchev–Trinajstić information content (AvgIpc) is 2.71. The molecule has 20 heavy (non-hydrogen) atoms. The average molecular weight is 315 g/mol. The van der Waals surface area contributed by atoms with Crippen molar-refractivity contribution in [2.24, 2.45) is 0 Å². The monoisotopic (exact) mass is 314 g/mol. The Morgan fingerprint density at radius 3 is 2.50 bits per heavy atom. The molecule has 6 heteroatoms. The van der Waals surface area contributed by atoms with Gasteiger partial charge in [-0.3, -0.25) is 0 Å². The van der Waals surface area contributed by atoms with Gasteiger partial charge >= 0.3 is 0 Å². The van der Waals surface area contributed by atoms with E-state index in [1.165, 1.54) is 6.07 Å². The van der Waals surface area contributed by atoms with Crippen LogP contribution in [0.5, 0.6) is 0 Å². The Morgan fingerprint density at radius 1 is 1.25 bits per heavy atom. The van der Waals surface area contributed by atoms with Crippen LogP contribution in [0.3, 0.4) is 0 Å². The van der Waals surface area contributed by atoms with Crippen molar-refractivity contribution in [3.05, 3.63) is 28.8 Å². The molecule has 2 fully saturated rings. The molecule has 2 aliphatic heterocycles. The van der Waals surface area contributed by atoms with E-state index < -0.39 is 10.0 Å². The number of hydrogen-bond acceptors (Lipinski definition) is 3. The Bertz CT molecular complexity index is 606. The molecule has 0 saturated carbocycles. The highest BCUT2D eigenvalue weighted by atomic mass is 35.5. The lowest BCUT2D eigenvalue weighted by Crippen LogP contribution is -2.47. The summed E-state index contributed by atoms with van der Waals surface area (Å²) >= 11 is 6.02. The van der Waals surface area contributed by atoms with Crippen molar-refractivity contribution in [2.75, 3.05) is 0 Å². The van der Waals surface area contributed by atoms with Crippen molar-refractivity contribution in [1.29, 1.82) is 0 Å². The van der Waals surface area contributed by atoms with E-state index in [0.717, 1.165) is 31.2 Å². The Balaban J connectivity index is 1.76. The van der Waals surface area contributed by atoms with Gasteiger partial charge in [-0.1, -0.05) is 17.7 Å². The predicted octanol–water partition coefficient (Wildman–Crippen LogP) is 2.21. The summed E-state index contributed by atoms with van der Waals surface area (Å²) < 4.78 is 27.6. The lowest BCUT2D eigenvalue weighted by Gasteiger charge is -2.29. The largest absolute Gasteiger partial charge is 0.311 e. The highest BCUT2D eigenvalue weighted by Crippen LogP contribution is 2.28. The fourth-order valence-corrected chi connectivity index (χ4v) is 4.71. The number of sulfonamides is 1. The van der Waals surface area contributed by atoms with Gasteiger partial charge in [0, 0.05) is 23.1 Å². The van der Waals surface area contributed by atoms with Crippen LogP contribution in [0.4, 0.5) is 0 Å². The standard InChI is InChI=1S/C14H19ClN2O2S/c1-9-2-5-13(8-14(9)15)20(18,19)17-12-6-10-3-4-11(7-12)16-10/h2,5,8,10-12,16-17H,3-4,6-7H2,1H3. The first-order valence-corrected chi connectivity index (χ1v) is 8.85. The van der Waals surface area contributed by atoms with E-state index in [0.29, 0.717) is 17.1 Å². The predicted molar refractivity (Wildman–Crippen MR) is 79.5 cm³/mol. The maximum Gasteiger partial charge on any atom is 0.240 e. The summed E-state index contributed by atoms with van der Waals surface area (Å²) in [6.07, 6.45) is 4.04. The quantitative estimate of drug-likeness (QED) is 0.899. The van der Waals surface area contributed by atoms with Crippen LogP contribution in [0.25, 0.3) is 0 Å². The second-order valence-corrected chi connectivity index (χ2v) is 7.96. The van der Waals surface area contributed by atoms with Gasteiger partial charge < -0.3 is 5.32 Å². The van der Waals surface area contributed by atoms with Crippen molar-refractivity contribution in [3.63, 3.8) is 0 Å². The van der Waals surface area contributed by atoms with Crippen LogP contribution in [0.15, 0.2) is 23.1 Å². The summed E-state index contributed by atoms with van der Waals surface area (Å²) in [6.45, 7) is 1.86. The van der Waals surface area contributed by atoms with Crippen LogP contribution in [0, 0.1) is 6.92 Å². The van der Waals surface area contributed by atoms with Gasteiger partial charge in [-0.2, -0.15) is 0 Å². The minimum absolute atomic E-state index is 0.0267. The van der Waals surface area contributed by atoms with Crippen LogP contribution < -0.4 is 10.0 Å². The number of benzene rings is 1. The smallest absolute Gasteiger partial charge is 0.240 e. The summed E-state index contributed by atoms with van der Waals surface area (Å²) in [7, 11) is -3.48. The first-order chi connectivity index (χ1) is 9.44. The van der Waals surface area contributed by atoms with Gasteiger partial charge in [-0.05, 0) is 50.3 Å². The van der Waals surface area contributed by atoms with Crippen molar-refractivity contribution >= 4 is 21.6 Å². The number of rotatable bonds is 3. The molecule has 2 bridgehead atoms. The molecular formula is C14H19ClN2O2S. The number of halogens is 1. The normalized spacial score (nSPS) is 29.6. The maximum absolute atomic E-state index is 12.4. The number of hydrogen-bond donors (Lipinski definition) is 2. The summed E-state index contributed by atoms with van der Waals surface area (Å²) in [5, 5.41) is 3.99. The molecule has 0 spiro atoms. The molecule has 2 heterocycles. The van der Waals surface area contributed by atoms with Crippen LogP contribution >= 0.6 is 11.6 Å². The highest BCUT2D eigenvalue weighted by Gasteiger charge is 2.35. The van der Waals surface area contributed by atoms with Gasteiger partial charge in [0.1, 0.15) is 0 Å². The van der Waals surface area contributed by atoms with Gasteiger partial charge in [0.2, 0.25) is 10.0 Å². The minimum atomic E-state index is -3.48. The maximum atomic E-state index is 12.4. The highest BCUT2D eigenvalue weighted by molar-refractivity contribution is 7.89. The van der Waals surface area contributed by atoms with Crippen molar-refractivity contribution in [1.82, 2.24) is 10.0 Å². The molecule has 1 aromatic rings. The van der Waals surface area contributed by atoms with Gasteiger partial charge in [-0.25, -0.2) is 13.1 Å². The van der Waals surface area contributed by atoms with E-state index in [1.54, 1.807) is 12.1 Å².